The zero-order valence-electron chi connectivity index (χ0n) is 15.9. The molecule has 3 rings (SSSR count). The molecule has 3 heterocycles. The van der Waals surface area contributed by atoms with E-state index in [0.29, 0.717) is 19.2 Å². The van der Waals surface area contributed by atoms with Gasteiger partial charge in [0.05, 0.1) is 12.3 Å². The summed E-state index contributed by atoms with van der Waals surface area (Å²) in [5, 5.41) is -0.190. The van der Waals surface area contributed by atoms with Gasteiger partial charge in [0.25, 0.3) is 5.88 Å². The lowest BCUT2D eigenvalue weighted by Gasteiger charge is -2.32. The van der Waals surface area contributed by atoms with Crippen molar-refractivity contribution in [2.75, 3.05) is 38.8 Å². The third kappa shape index (κ3) is 5.06. The van der Waals surface area contributed by atoms with Gasteiger partial charge in [-0.25, -0.2) is 8.78 Å². The van der Waals surface area contributed by atoms with Crippen molar-refractivity contribution in [3.05, 3.63) is 40.7 Å². The molecule has 1 fully saturated rings. The number of hydrogen-bond donors (Lipinski definition) is 0. The number of aromatic nitrogens is 3. The van der Waals surface area contributed by atoms with Crippen molar-refractivity contribution >= 4 is 17.4 Å². The molecular formula is C18H20ClF3N4O3. The molecule has 0 N–H and O–H groups in total. The highest BCUT2D eigenvalue weighted by Gasteiger charge is 2.26. The molecule has 1 saturated heterocycles. The maximum Gasteiger partial charge on any atom is 0.257 e. The SMILES string of the molecule is COC1CCN(c2nc(Cl)nc(OCC(OC)c3ncc(F)cc3F)c2F)CC1. The lowest BCUT2D eigenvalue weighted by molar-refractivity contribution is 0.0485. The van der Waals surface area contributed by atoms with Gasteiger partial charge in [0.1, 0.15) is 30.0 Å². The number of hydrogen-bond acceptors (Lipinski definition) is 7. The number of nitrogens with zero attached hydrogens (tertiary/aromatic N) is 4. The van der Waals surface area contributed by atoms with Gasteiger partial charge in [0.2, 0.25) is 11.1 Å². The molecular weight excluding hydrogens is 413 g/mol. The van der Waals surface area contributed by atoms with Crippen LogP contribution >= 0.6 is 11.6 Å². The smallest absolute Gasteiger partial charge is 0.257 e. The van der Waals surface area contributed by atoms with Crippen LogP contribution in [0.25, 0.3) is 0 Å². The quantitative estimate of drug-likeness (QED) is 0.621. The number of halogens is 4. The third-order valence-corrected chi connectivity index (χ3v) is 4.82. The third-order valence-electron chi connectivity index (χ3n) is 4.65. The highest BCUT2D eigenvalue weighted by Crippen LogP contribution is 2.29. The summed E-state index contributed by atoms with van der Waals surface area (Å²) in [5.41, 5.74) is -0.170. The number of pyridine rings is 1. The fourth-order valence-electron chi connectivity index (χ4n) is 3.07. The molecule has 0 bridgehead atoms. The van der Waals surface area contributed by atoms with Gasteiger partial charge in [0, 0.05) is 33.4 Å². The van der Waals surface area contributed by atoms with E-state index in [9.17, 15) is 13.2 Å². The van der Waals surface area contributed by atoms with Gasteiger partial charge in [-0.15, -0.1) is 0 Å². The van der Waals surface area contributed by atoms with Crippen LogP contribution in [0.4, 0.5) is 19.0 Å². The maximum atomic E-state index is 14.9. The predicted molar refractivity (Wildman–Crippen MR) is 98.6 cm³/mol. The standard InChI is InChI=1S/C18H20ClF3N4O3/c1-27-11-3-5-26(6-4-11)16-14(22)17(25-18(19)24-16)29-9-13(28-2)15-12(21)7-10(20)8-23-15/h7-8,11,13H,3-6,9H2,1-2H3. The van der Waals surface area contributed by atoms with Gasteiger partial charge in [-0.05, 0) is 24.4 Å². The first-order chi connectivity index (χ1) is 13.9. The first kappa shape index (κ1) is 21.5. The summed E-state index contributed by atoms with van der Waals surface area (Å²) < 4.78 is 57.8. The van der Waals surface area contributed by atoms with Crippen LogP contribution in [0.1, 0.15) is 24.6 Å². The average Bonchev–Trinajstić information content (AvgIpc) is 2.71. The Morgan fingerprint density at radius 1 is 1.21 bits per heavy atom. The van der Waals surface area contributed by atoms with Crippen LogP contribution in [0.3, 0.4) is 0 Å². The normalized spacial score (nSPS) is 16.1. The molecule has 1 atom stereocenters. The van der Waals surface area contributed by atoms with E-state index in [1.165, 1.54) is 7.11 Å². The van der Waals surface area contributed by atoms with Crippen molar-refractivity contribution in [1.82, 2.24) is 15.0 Å². The monoisotopic (exact) mass is 432 g/mol. The van der Waals surface area contributed by atoms with Crippen molar-refractivity contribution in [2.24, 2.45) is 0 Å². The highest BCUT2D eigenvalue weighted by atomic mass is 35.5. The molecule has 0 aliphatic carbocycles. The van der Waals surface area contributed by atoms with E-state index in [2.05, 4.69) is 15.0 Å². The minimum absolute atomic E-state index is 0.0228. The van der Waals surface area contributed by atoms with E-state index >= 15 is 0 Å². The van der Waals surface area contributed by atoms with Gasteiger partial charge in [-0.3, -0.25) is 4.98 Å². The Morgan fingerprint density at radius 3 is 2.55 bits per heavy atom. The Bertz CT molecular complexity index is 853. The lowest BCUT2D eigenvalue weighted by atomic mass is 10.1. The second kappa shape index (κ2) is 9.55. The minimum atomic E-state index is -1.01. The minimum Gasteiger partial charge on any atom is -0.472 e. The van der Waals surface area contributed by atoms with Crippen LogP contribution in [0.2, 0.25) is 5.28 Å². The summed E-state index contributed by atoms with van der Waals surface area (Å²) in [6.45, 7) is 0.753. The van der Waals surface area contributed by atoms with Crippen LogP contribution in [0, 0.1) is 17.5 Å². The summed E-state index contributed by atoms with van der Waals surface area (Å²) >= 11 is 5.94. The summed E-state index contributed by atoms with van der Waals surface area (Å²) in [7, 11) is 2.94. The fourth-order valence-corrected chi connectivity index (χ4v) is 3.23. The average molecular weight is 433 g/mol. The molecule has 0 saturated carbocycles. The zero-order chi connectivity index (χ0) is 21.0. The van der Waals surface area contributed by atoms with Crippen LogP contribution in [-0.4, -0.2) is 55.0 Å². The van der Waals surface area contributed by atoms with Crippen molar-refractivity contribution < 1.29 is 27.4 Å². The highest BCUT2D eigenvalue weighted by molar-refractivity contribution is 6.28. The Kier molecular flexibility index (Phi) is 7.09. The predicted octanol–water partition coefficient (Wildman–Crippen LogP) is 3.32. The molecule has 1 aliphatic rings. The molecule has 2 aromatic rings. The lowest BCUT2D eigenvalue weighted by Crippen LogP contribution is -2.37. The van der Waals surface area contributed by atoms with Gasteiger partial charge in [-0.1, -0.05) is 0 Å². The Morgan fingerprint density at radius 2 is 1.93 bits per heavy atom. The number of ether oxygens (including phenoxy) is 3. The number of piperidine rings is 1. The molecule has 0 spiro atoms. The molecule has 7 nitrogen and oxygen atoms in total. The summed E-state index contributed by atoms with van der Waals surface area (Å²) in [5.74, 6) is -2.87. The van der Waals surface area contributed by atoms with E-state index < -0.39 is 29.4 Å². The van der Waals surface area contributed by atoms with Crippen molar-refractivity contribution in [1.29, 1.82) is 0 Å². The van der Waals surface area contributed by atoms with E-state index in [1.807, 2.05) is 0 Å². The van der Waals surface area contributed by atoms with Gasteiger partial charge >= 0.3 is 0 Å². The molecule has 2 aromatic heterocycles. The largest absolute Gasteiger partial charge is 0.472 e. The molecule has 158 valence electrons. The van der Waals surface area contributed by atoms with E-state index in [-0.39, 0.29) is 29.5 Å². The van der Waals surface area contributed by atoms with Crippen molar-refractivity contribution in [2.45, 2.75) is 25.0 Å². The molecule has 1 aliphatic heterocycles. The summed E-state index contributed by atoms with van der Waals surface area (Å²) in [4.78, 5) is 13.2. The van der Waals surface area contributed by atoms with Gasteiger partial charge < -0.3 is 19.1 Å². The molecule has 11 heteroatoms. The fraction of sp³-hybridized carbons (Fsp3) is 0.500. The van der Waals surface area contributed by atoms with Crippen LogP contribution in [0.5, 0.6) is 5.88 Å². The van der Waals surface area contributed by atoms with Crippen LogP contribution < -0.4 is 9.64 Å². The zero-order valence-corrected chi connectivity index (χ0v) is 16.6. The number of rotatable bonds is 7. The van der Waals surface area contributed by atoms with Gasteiger partial charge in [-0.2, -0.15) is 14.4 Å². The molecule has 29 heavy (non-hydrogen) atoms. The summed E-state index contributed by atoms with van der Waals surface area (Å²) in [6.07, 6.45) is 1.39. The topological polar surface area (TPSA) is 69.6 Å². The van der Waals surface area contributed by atoms with E-state index in [1.54, 1.807) is 12.0 Å². The Balaban J connectivity index is 1.76. The van der Waals surface area contributed by atoms with Crippen LogP contribution in [0.15, 0.2) is 12.3 Å². The van der Waals surface area contributed by atoms with Gasteiger partial charge in [0.15, 0.2) is 5.82 Å². The molecule has 0 aromatic carbocycles. The first-order valence-corrected chi connectivity index (χ1v) is 9.28. The van der Waals surface area contributed by atoms with E-state index in [4.69, 9.17) is 25.8 Å². The van der Waals surface area contributed by atoms with Crippen molar-refractivity contribution in [3.8, 4) is 5.88 Å². The number of anilines is 1. The first-order valence-electron chi connectivity index (χ1n) is 8.90. The number of methoxy groups -OCH3 is 2. The summed E-state index contributed by atoms with van der Waals surface area (Å²) in [6, 6.07) is 0.679. The Labute approximate surface area is 170 Å². The maximum absolute atomic E-state index is 14.9. The Hall–Kier alpha value is -2.17. The second-order valence-corrected chi connectivity index (χ2v) is 6.75. The van der Waals surface area contributed by atoms with Crippen molar-refractivity contribution in [3.63, 3.8) is 0 Å². The molecule has 0 radical (unpaired) electrons. The van der Waals surface area contributed by atoms with Crippen LogP contribution in [-0.2, 0) is 9.47 Å². The molecule has 0 amide bonds. The second-order valence-electron chi connectivity index (χ2n) is 6.41. The molecule has 1 unspecified atom stereocenters. The van der Waals surface area contributed by atoms with E-state index in [0.717, 1.165) is 19.0 Å².